The SMILES string of the molecule is COC(=O)c1nc(C(F)F)ccc1CCl. The van der Waals surface area contributed by atoms with Gasteiger partial charge < -0.3 is 4.74 Å². The highest BCUT2D eigenvalue weighted by Gasteiger charge is 2.17. The Hall–Kier alpha value is -1.23. The van der Waals surface area contributed by atoms with Gasteiger partial charge in [0.1, 0.15) is 5.69 Å². The summed E-state index contributed by atoms with van der Waals surface area (Å²) in [7, 11) is 1.15. The van der Waals surface area contributed by atoms with E-state index >= 15 is 0 Å². The third-order valence-corrected chi connectivity index (χ3v) is 2.03. The fraction of sp³-hybridized carbons (Fsp3) is 0.333. The molecule has 0 N–H and O–H groups in total. The Balaban J connectivity index is 3.19. The van der Waals surface area contributed by atoms with E-state index in [1.54, 1.807) is 0 Å². The first kappa shape index (κ1) is 11.8. The minimum absolute atomic E-state index is 0.0148. The summed E-state index contributed by atoms with van der Waals surface area (Å²) < 4.78 is 29.0. The fourth-order valence-electron chi connectivity index (χ4n) is 1.01. The van der Waals surface area contributed by atoms with E-state index in [0.29, 0.717) is 5.56 Å². The number of rotatable bonds is 3. The second kappa shape index (κ2) is 5.02. The molecule has 0 aliphatic carbocycles. The molecule has 0 amide bonds. The molecule has 0 saturated carbocycles. The first-order chi connectivity index (χ1) is 7.10. The number of methoxy groups -OCH3 is 1. The summed E-state index contributed by atoms with van der Waals surface area (Å²) in [6, 6.07) is 2.47. The van der Waals surface area contributed by atoms with Gasteiger partial charge in [-0.25, -0.2) is 18.6 Å². The minimum atomic E-state index is -2.72. The maximum absolute atomic E-state index is 12.3. The smallest absolute Gasteiger partial charge is 0.356 e. The van der Waals surface area contributed by atoms with E-state index in [-0.39, 0.29) is 11.6 Å². The number of halogens is 3. The molecule has 3 nitrogen and oxygen atoms in total. The van der Waals surface area contributed by atoms with E-state index in [0.717, 1.165) is 13.2 Å². The molecule has 0 aliphatic heterocycles. The summed E-state index contributed by atoms with van der Waals surface area (Å²) in [5, 5.41) is 0. The molecule has 0 bridgehead atoms. The average Bonchev–Trinajstić information content (AvgIpc) is 2.27. The van der Waals surface area contributed by atoms with Crippen molar-refractivity contribution in [3.8, 4) is 0 Å². The van der Waals surface area contributed by atoms with Crippen LogP contribution in [-0.4, -0.2) is 18.1 Å². The summed E-state index contributed by atoms with van der Waals surface area (Å²) in [6.45, 7) is 0. The van der Waals surface area contributed by atoms with Crippen molar-refractivity contribution in [3.63, 3.8) is 0 Å². The molecule has 6 heteroatoms. The number of alkyl halides is 3. The first-order valence-corrected chi connectivity index (χ1v) is 4.55. The number of carbonyl (C=O) groups excluding carboxylic acids is 1. The van der Waals surface area contributed by atoms with Gasteiger partial charge in [0.2, 0.25) is 0 Å². The predicted octanol–water partition coefficient (Wildman–Crippen LogP) is 2.54. The lowest BCUT2D eigenvalue weighted by Crippen LogP contribution is -2.09. The Kier molecular flexibility index (Phi) is 3.96. The largest absolute Gasteiger partial charge is 0.464 e. The second-order valence-corrected chi connectivity index (χ2v) is 2.94. The number of hydrogen-bond donors (Lipinski definition) is 0. The van der Waals surface area contributed by atoms with E-state index in [1.165, 1.54) is 6.07 Å². The van der Waals surface area contributed by atoms with Crippen molar-refractivity contribution >= 4 is 17.6 Å². The van der Waals surface area contributed by atoms with Gasteiger partial charge in [0, 0.05) is 11.4 Å². The molecule has 0 unspecified atom stereocenters. The molecule has 0 saturated heterocycles. The topological polar surface area (TPSA) is 39.2 Å². The molecule has 0 aromatic carbocycles. The molecular weight excluding hydrogens is 228 g/mol. The maximum Gasteiger partial charge on any atom is 0.356 e. The lowest BCUT2D eigenvalue weighted by Gasteiger charge is -2.06. The van der Waals surface area contributed by atoms with Crippen molar-refractivity contribution in [1.82, 2.24) is 4.98 Å². The zero-order valence-electron chi connectivity index (χ0n) is 7.84. The molecular formula is C9H8ClF2NO2. The summed E-state index contributed by atoms with van der Waals surface area (Å²) in [4.78, 5) is 14.7. The van der Waals surface area contributed by atoms with Gasteiger partial charge in [0.15, 0.2) is 5.69 Å². The fourth-order valence-corrected chi connectivity index (χ4v) is 1.22. The van der Waals surface area contributed by atoms with Crippen molar-refractivity contribution in [2.24, 2.45) is 0 Å². The Labute approximate surface area is 90.0 Å². The van der Waals surface area contributed by atoms with Gasteiger partial charge in [0.25, 0.3) is 6.43 Å². The monoisotopic (exact) mass is 235 g/mol. The molecule has 0 atom stereocenters. The van der Waals surface area contributed by atoms with Crippen molar-refractivity contribution in [2.45, 2.75) is 12.3 Å². The van der Waals surface area contributed by atoms with E-state index in [4.69, 9.17) is 11.6 Å². The van der Waals surface area contributed by atoms with E-state index < -0.39 is 18.1 Å². The lowest BCUT2D eigenvalue weighted by molar-refractivity contribution is 0.0591. The summed E-state index contributed by atoms with van der Waals surface area (Å²) in [5.41, 5.74) is -0.262. The van der Waals surface area contributed by atoms with Crippen molar-refractivity contribution in [1.29, 1.82) is 0 Å². The molecule has 1 aromatic heterocycles. The third-order valence-electron chi connectivity index (χ3n) is 1.75. The molecule has 0 radical (unpaired) electrons. The van der Waals surface area contributed by atoms with Crippen LogP contribution in [0.5, 0.6) is 0 Å². The molecule has 0 spiro atoms. The van der Waals surface area contributed by atoms with Crippen LogP contribution in [0.25, 0.3) is 0 Å². The summed E-state index contributed by atoms with van der Waals surface area (Å²) in [6.07, 6.45) is -2.72. The molecule has 1 rings (SSSR count). The summed E-state index contributed by atoms with van der Waals surface area (Å²) >= 11 is 5.53. The Morgan fingerprint density at radius 2 is 2.27 bits per heavy atom. The normalized spacial score (nSPS) is 10.5. The molecule has 0 aliphatic rings. The van der Waals surface area contributed by atoms with Crippen LogP contribution in [0.1, 0.15) is 28.2 Å². The number of ether oxygens (including phenoxy) is 1. The predicted molar refractivity (Wildman–Crippen MR) is 50.1 cm³/mol. The van der Waals surface area contributed by atoms with Crippen LogP contribution in [0, 0.1) is 0 Å². The number of aromatic nitrogens is 1. The number of pyridine rings is 1. The van der Waals surface area contributed by atoms with Gasteiger partial charge in [0.05, 0.1) is 7.11 Å². The Bertz CT molecular complexity index is 371. The van der Waals surface area contributed by atoms with Crippen LogP contribution >= 0.6 is 11.6 Å². The quantitative estimate of drug-likeness (QED) is 0.597. The number of carbonyl (C=O) groups is 1. The van der Waals surface area contributed by atoms with Crippen LogP contribution in [-0.2, 0) is 10.6 Å². The first-order valence-electron chi connectivity index (χ1n) is 4.02. The van der Waals surface area contributed by atoms with Gasteiger partial charge in [-0.1, -0.05) is 6.07 Å². The van der Waals surface area contributed by atoms with Crippen molar-refractivity contribution < 1.29 is 18.3 Å². The number of esters is 1. The molecule has 82 valence electrons. The summed E-state index contributed by atoms with van der Waals surface area (Å²) in [5.74, 6) is -0.755. The average molecular weight is 236 g/mol. The van der Waals surface area contributed by atoms with Crippen LogP contribution in [0.3, 0.4) is 0 Å². The van der Waals surface area contributed by atoms with Gasteiger partial charge in [-0.05, 0) is 6.07 Å². The highest BCUT2D eigenvalue weighted by molar-refractivity contribution is 6.17. The van der Waals surface area contributed by atoms with Gasteiger partial charge >= 0.3 is 5.97 Å². The van der Waals surface area contributed by atoms with Gasteiger partial charge in [-0.15, -0.1) is 11.6 Å². The minimum Gasteiger partial charge on any atom is -0.464 e. The Morgan fingerprint density at radius 3 is 2.73 bits per heavy atom. The van der Waals surface area contributed by atoms with Crippen LogP contribution in [0.4, 0.5) is 8.78 Å². The van der Waals surface area contributed by atoms with Crippen LogP contribution in [0.15, 0.2) is 12.1 Å². The van der Waals surface area contributed by atoms with Gasteiger partial charge in [-0.2, -0.15) is 0 Å². The molecule has 15 heavy (non-hydrogen) atoms. The Morgan fingerprint density at radius 1 is 1.60 bits per heavy atom. The third kappa shape index (κ3) is 2.62. The van der Waals surface area contributed by atoms with Gasteiger partial charge in [-0.3, -0.25) is 0 Å². The van der Waals surface area contributed by atoms with Crippen LogP contribution < -0.4 is 0 Å². The van der Waals surface area contributed by atoms with Crippen molar-refractivity contribution in [3.05, 3.63) is 29.1 Å². The standard InChI is InChI=1S/C9H8ClF2NO2/c1-15-9(14)7-5(4-10)2-3-6(13-7)8(11)12/h2-3,8H,4H2,1H3. The van der Waals surface area contributed by atoms with Crippen LogP contribution in [0.2, 0.25) is 0 Å². The zero-order valence-corrected chi connectivity index (χ0v) is 8.59. The molecule has 1 heterocycles. The second-order valence-electron chi connectivity index (χ2n) is 2.67. The maximum atomic E-state index is 12.3. The lowest BCUT2D eigenvalue weighted by atomic mass is 10.2. The zero-order chi connectivity index (χ0) is 11.4. The van der Waals surface area contributed by atoms with E-state index in [1.807, 2.05) is 0 Å². The van der Waals surface area contributed by atoms with Crippen molar-refractivity contribution in [2.75, 3.05) is 7.11 Å². The number of hydrogen-bond acceptors (Lipinski definition) is 3. The molecule has 0 fully saturated rings. The van der Waals surface area contributed by atoms with E-state index in [2.05, 4.69) is 9.72 Å². The van der Waals surface area contributed by atoms with E-state index in [9.17, 15) is 13.6 Å². The number of nitrogens with zero attached hydrogens (tertiary/aromatic N) is 1. The molecule has 1 aromatic rings. The highest BCUT2D eigenvalue weighted by Crippen LogP contribution is 2.19. The highest BCUT2D eigenvalue weighted by atomic mass is 35.5.